The van der Waals surface area contributed by atoms with Crippen molar-refractivity contribution in [1.29, 1.82) is 0 Å². The van der Waals surface area contributed by atoms with E-state index in [1.807, 2.05) is 24.3 Å². The second kappa shape index (κ2) is 6.76. The largest absolute Gasteiger partial charge is 0.490 e. The topological polar surface area (TPSA) is 77.6 Å². The summed E-state index contributed by atoms with van der Waals surface area (Å²) in [6, 6.07) is 12.2. The van der Waals surface area contributed by atoms with Crippen LogP contribution in [0, 0.1) is 10.1 Å². The van der Waals surface area contributed by atoms with Crippen LogP contribution in [0.25, 0.3) is 10.9 Å². The third kappa shape index (κ3) is 3.11. The monoisotopic (exact) mass is 385 g/mol. The average Bonchev–Trinajstić information content (AvgIpc) is 2.61. The van der Waals surface area contributed by atoms with Crippen LogP contribution in [-0.4, -0.2) is 23.2 Å². The number of aromatic nitrogens is 1. The van der Waals surface area contributed by atoms with Gasteiger partial charge in [-0.1, -0.05) is 22.0 Å². The number of pyridine rings is 1. The molecule has 3 aromatic rings. The number of aliphatic imine (C=N–C) groups is 1. The molecule has 0 bridgehead atoms. The predicted molar refractivity (Wildman–Crippen MR) is 96.3 cm³/mol. The molecule has 0 aliphatic rings. The van der Waals surface area contributed by atoms with E-state index in [0.29, 0.717) is 11.3 Å². The second-order valence-electron chi connectivity index (χ2n) is 4.91. The lowest BCUT2D eigenvalue weighted by atomic mass is 10.2. The van der Waals surface area contributed by atoms with Gasteiger partial charge in [-0.25, -0.2) is 0 Å². The van der Waals surface area contributed by atoms with E-state index in [4.69, 9.17) is 4.74 Å². The van der Waals surface area contributed by atoms with Crippen molar-refractivity contribution in [3.05, 3.63) is 68.8 Å². The van der Waals surface area contributed by atoms with Crippen molar-refractivity contribution in [2.24, 2.45) is 4.99 Å². The molecule has 0 amide bonds. The van der Waals surface area contributed by atoms with Gasteiger partial charge < -0.3 is 4.74 Å². The molecular formula is C17H12BrN3O3. The minimum atomic E-state index is -0.479. The minimum Gasteiger partial charge on any atom is -0.490 e. The molecule has 0 atom stereocenters. The molecule has 0 aliphatic carbocycles. The fourth-order valence-corrected chi connectivity index (χ4v) is 2.75. The van der Waals surface area contributed by atoms with E-state index in [-0.39, 0.29) is 11.4 Å². The van der Waals surface area contributed by atoms with Gasteiger partial charge in [-0.2, -0.15) is 0 Å². The molecule has 0 unspecified atom stereocenters. The number of benzene rings is 2. The Balaban J connectivity index is 2.02. The summed E-state index contributed by atoms with van der Waals surface area (Å²) in [5, 5.41) is 12.0. The zero-order valence-electron chi connectivity index (χ0n) is 12.6. The molecule has 0 fully saturated rings. The summed E-state index contributed by atoms with van der Waals surface area (Å²) in [6.07, 6.45) is 3.27. The number of hydrogen-bond acceptors (Lipinski definition) is 5. The third-order valence-electron chi connectivity index (χ3n) is 3.45. The van der Waals surface area contributed by atoms with E-state index < -0.39 is 4.92 Å². The Labute approximate surface area is 146 Å². The highest BCUT2D eigenvalue weighted by Gasteiger charge is 2.14. The van der Waals surface area contributed by atoms with Gasteiger partial charge in [-0.15, -0.1) is 0 Å². The maximum absolute atomic E-state index is 11.1. The molecule has 0 saturated carbocycles. The van der Waals surface area contributed by atoms with Crippen LogP contribution in [0.3, 0.4) is 0 Å². The lowest BCUT2D eigenvalue weighted by molar-refractivity contribution is -0.385. The van der Waals surface area contributed by atoms with Gasteiger partial charge >= 0.3 is 5.69 Å². The summed E-state index contributed by atoms with van der Waals surface area (Å²) in [5.41, 5.74) is 1.95. The van der Waals surface area contributed by atoms with Crippen molar-refractivity contribution >= 4 is 44.4 Å². The lowest BCUT2D eigenvalue weighted by Crippen LogP contribution is -1.95. The molecule has 120 valence electrons. The van der Waals surface area contributed by atoms with Crippen molar-refractivity contribution in [1.82, 2.24) is 4.98 Å². The van der Waals surface area contributed by atoms with Gasteiger partial charge in [0.05, 0.1) is 23.2 Å². The van der Waals surface area contributed by atoms with Gasteiger partial charge in [0.25, 0.3) is 0 Å². The van der Waals surface area contributed by atoms with Crippen LogP contribution >= 0.6 is 15.9 Å². The molecular weight excluding hydrogens is 374 g/mol. The van der Waals surface area contributed by atoms with E-state index in [2.05, 4.69) is 25.9 Å². The second-order valence-corrected chi connectivity index (χ2v) is 5.77. The zero-order chi connectivity index (χ0) is 17.1. The third-order valence-corrected chi connectivity index (χ3v) is 4.14. The van der Waals surface area contributed by atoms with Crippen molar-refractivity contribution in [3.63, 3.8) is 0 Å². The number of nitrogens with zero attached hydrogens (tertiary/aromatic N) is 3. The van der Waals surface area contributed by atoms with Gasteiger partial charge in [0.2, 0.25) is 0 Å². The lowest BCUT2D eigenvalue weighted by Gasteiger charge is -2.04. The predicted octanol–water partition coefficient (Wildman–Crippen LogP) is 4.66. The Morgan fingerprint density at radius 3 is 2.88 bits per heavy atom. The number of fused-ring (bicyclic) bond motifs is 1. The standard InChI is InChI=1S/C17H12BrN3O3/c1-24-16-7-4-11(9-15(16)21(22)23)10-20-14-6-5-13(18)12-3-2-8-19-17(12)14/h2-10H,1H3. The molecule has 0 radical (unpaired) electrons. The highest BCUT2D eigenvalue weighted by atomic mass is 79.9. The first-order chi connectivity index (χ1) is 11.6. The molecule has 6 nitrogen and oxygen atoms in total. The van der Waals surface area contributed by atoms with Gasteiger partial charge in [0, 0.05) is 28.3 Å². The number of nitro groups is 1. The Morgan fingerprint density at radius 2 is 2.12 bits per heavy atom. The van der Waals surface area contributed by atoms with E-state index in [0.717, 1.165) is 15.4 Å². The molecule has 0 saturated heterocycles. The van der Waals surface area contributed by atoms with Crippen LogP contribution in [0.2, 0.25) is 0 Å². The molecule has 24 heavy (non-hydrogen) atoms. The Kier molecular flexibility index (Phi) is 4.52. The summed E-state index contributed by atoms with van der Waals surface area (Å²) in [4.78, 5) is 19.4. The normalized spacial score (nSPS) is 11.1. The molecule has 2 aromatic carbocycles. The van der Waals surface area contributed by atoms with Crippen molar-refractivity contribution < 1.29 is 9.66 Å². The summed E-state index contributed by atoms with van der Waals surface area (Å²) in [6.45, 7) is 0. The Bertz CT molecular complexity index is 957. The first-order valence-corrected chi connectivity index (χ1v) is 7.79. The molecule has 1 aromatic heterocycles. The highest BCUT2D eigenvalue weighted by Crippen LogP contribution is 2.31. The van der Waals surface area contributed by atoms with Gasteiger partial charge in [-0.05, 0) is 35.9 Å². The Morgan fingerprint density at radius 1 is 1.29 bits per heavy atom. The van der Waals surface area contributed by atoms with Crippen LogP contribution in [0.15, 0.2) is 58.1 Å². The van der Waals surface area contributed by atoms with E-state index in [1.165, 1.54) is 13.2 Å². The van der Waals surface area contributed by atoms with Crippen LogP contribution in [0.5, 0.6) is 5.75 Å². The van der Waals surface area contributed by atoms with Gasteiger partial charge in [0.1, 0.15) is 0 Å². The molecule has 3 rings (SSSR count). The first-order valence-electron chi connectivity index (χ1n) is 7.00. The fraction of sp³-hybridized carbons (Fsp3) is 0.0588. The van der Waals surface area contributed by atoms with Gasteiger partial charge in [0.15, 0.2) is 5.75 Å². The van der Waals surface area contributed by atoms with E-state index >= 15 is 0 Å². The quantitative estimate of drug-likeness (QED) is 0.371. The van der Waals surface area contributed by atoms with E-state index in [9.17, 15) is 10.1 Å². The van der Waals surface area contributed by atoms with Crippen LogP contribution < -0.4 is 4.74 Å². The molecule has 1 heterocycles. The van der Waals surface area contributed by atoms with Crippen LogP contribution in [-0.2, 0) is 0 Å². The Hall–Kier alpha value is -2.80. The number of halogens is 1. The number of nitro benzene ring substituents is 1. The molecule has 0 spiro atoms. The summed E-state index contributed by atoms with van der Waals surface area (Å²) >= 11 is 3.49. The summed E-state index contributed by atoms with van der Waals surface area (Å²) < 4.78 is 5.93. The maximum Gasteiger partial charge on any atom is 0.311 e. The average molecular weight is 386 g/mol. The molecule has 7 heteroatoms. The van der Waals surface area contributed by atoms with Crippen molar-refractivity contribution in [2.75, 3.05) is 7.11 Å². The summed E-state index contributed by atoms with van der Waals surface area (Å²) in [7, 11) is 1.40. The fourth-order valence-electron chi connectivity index (χ4n) is 2.30. The summed E-state index contributed by atoms with van der Waals surface area (Å²) in [5.74, 6) is 0.216. The molecule has 0 aliphatic heterocycles. The van der Waals surface area contributed by atoms with Crippen LogP contribution in [0.4, 0.5) is 11.4 Å². The van der Waals surface area contributed by atoms with Crippen molar-refractivity contribution in [2.45, 2.75) is 0 Å². The number of hydrogen-bond donors (Lipinski definition) is 0. The van der Waals surface area contributed by atoms with Crippen LogP contribution in [0.1, 0.15) is 5.56 Å². The SMILES string of the molecule is COc1ccc(C=Nc2ccc(Br)c3cccnc23)cc1[N+](=O)[O-]. The number of rotatable bonds is 4. The smallest absolute Gasteiger partial charge is 0.311 e. The van der Waals surface area contributed by atoms with Gasteiger partial charge in [-0.3, -0.25) is 20.1 Å². The number of ether oxygens (including phenoxy) is 1. The van der Waals surface area contributed by atoms with Crippen molar-refractivity contribution in [3.8, 4) is 5.75 Å². The highest BCUT2D eigenvalue weighted by molar-refractivity contribution is 9.10. The van der Waals surface area contributed by atoms with E-state index in [1.54, 1.807) is 24.5 Å². The number of methoxy groups -OCH3 is 1. The molecule has 0 N–H and O–H groups in total. The maximum atomic E-state index is 11.1. The minimum absolute atomic E-state index is 0.0970. The first kappa shape index (κ1) is 16.1. The zero-order valence-corrected chi connectivity index (χ0v) is 14.2.